The van der Waals surface area contributed by atoms with E-state index in [1.807, 2.05) is 6.08 Å². The van der Waals surface area contributed by atoms with Crippen LogP contribution in [0.4, 0.5) is 14.0 Å². The Labute approximate surface area is 373 Å². The quantitative estimate of drug-likeness (QED) is 0.149. The lowest BCUT2D eigenvalue weighted by Crippen LogP contribution is -2.59. The Kier molecular flexibility index (Phi) is 14.4. The molecule has 3 fully saturated rings. The molecule has 1 saturated heterocycles. The number of halogens is 1. The van der Waals surface area contributed by atoms with Gasteiger partial charge in [0, 0.05) is 30.9 Å². The normalized spacial score (nSPS) is 26.0. The van der Waals surface area contributed by atoms with E-state index in [1.165, 1.54) is 21.9 Å². The molecule has 18 nitrogen and oxygen atoms in total. The van der Waals surface area contributed by atoms with E-state index in [0.717, 1.165) is 0 Å². The molecule has 0 spiro atoms. The van der Waals surface area contributed by atoms with Crippen molar-refractivity contribution in [3.8, 4) is 0 Å². The van der Waals surface area contributed by atoms with Crippen molar-refractivity contribution in [1.29, 1.82) is 0 Å². The molecule has 2 saturated carbocycles. The smallest absolute Gasteiger partial charge is 0.410 e. The molecular formula is C44H61FN6O12S. The zero-order valence-corrected chi connectivity index (χ0v) is 38.1. The van der Waals surface area contributed by atoms with Crippen LogP contribution in [0.1, 0.15) is 123 Å². The van der Waals surface area contributed by atoms with Crippen LogP contribution in [0.3, 0.4) is 0 Å². The Bertz CT molecular complexity index is 2150. The van der Waals surface area contributed by atoms with Gasteiger partial charge in [0.25, 0.3) is 5.91 Å². The van der Waals surface area contributed by atoms with Gasteiger partial charge in [-0.05, 0) is 98.1 Å². The number of amides is 6. The number of carbonyl (C=O) groups is 7. The van der Waals surface area contributed by atoms with Crippen molar-refractivity contribution in [2.24, 2.45) is 5.92 Å². The highest BCUT2D eigenvalue weighted by Crippen LogP contribution is 2.46. The van der Waals surface area contributed by atoms with Crippen LogP contribution in [-0.2, 0) is 61.3 Å². The van der Waals surface area contributed by atoms with Crippen molar-refractivity contribution < 1.29 is 60.6 Å². The van der Waals surface area contributed by atoms with Crippen LogP contribution in [-0.4, -0.2) is 113 Å². The standard InChI is InChI=1S/C44H61FN6O12S/c1-42(2,3)62-35(52)20-19-32(47-40(57)63-43(4,5)6)36(53)46-33-16-11-9-7-8-10-14-27-22-44(27,39(56)49-64(59,60)29-17-18-29)48-37(54)34-21-28(24-51(34)38(33)55)61-41(58)50-23-26-13-12-15-31(45)30(26)25-50/h10,12-15,27-29,32-34H,7-9,11,16-25H2,1-6H3,(H,46,53)(H,47,57)(H,48,54)(H,49,56)/b14-10-/t27-,28+,32+,33-,34-,44+/m0/s1. The molecule has 6 atom stereocenters. The first-order chi connectivity index (χ1) is 29.9. The van der Waals surface area contributed by atoms with E-state index in [4.69, 9.17) is 14.2 Å². The summed E-state index contributed by atoms with van der Waals surface area (Å²) in [6.07, 6.45) is 3.40. The lowest BCUT2D eigenvalue weighted by Gasteiger charge is -2.31. The summed E-state index contributed by atoms with van der Waals surface area (Å²) in [6.45, 7) is 9.68. The number of ether oxygens (including phenoxy) is 3. The van der Waals surface area contributed by atoms with Gasteiger partial charge in [-0.15, -0.1) is 0 Å². The number of alkyl carbamates (subject to hydrolysis) is 1. The highest BCUT2D eigenvalue weighted by atomic mass is 32.2. The van der Waals surface area contributed by atoms with Crippen LogP contribution in [0.5, 0.6) is 0 Å². The maximum absolute atomic E-state index is 14.8. The Hall–Kier alpha value is -5.27. The molecule has 0 bridgehead atoms. The fraction of sp³-hybridized carbons (Fsp3) is 0.659. The molecule has 6 rings (SSSR count). The van der Waals surface area contributed by atoms with E-state index in [9.17, 15) is 46.4 Å². The van der Waals surface area contributed by atoms with Gasteiger partial charge in [0.1, 0.15) is 46.8 Å². The maximum Gasteiger partial charge on any atom is 0.410 e. The Morgan fingerprint density at radius 3 is 2.36 bits per heavy atom. The van der Waals surface area contributed by atoms with Crippen LogP contribution < -0.4 is 20.7 Å². The molecule has 6 amide bonds. The number of hydrogen-bond acceptors (Lipinski definition) is 12. The molecule has 2 aliphatic carbocycles. The Morgan fingerprint density at radius 1 is 0.969 bits per heavy atom. The van der Waals surface area contributed by atoms with Gasteiger partial charge in [-0.25, -0.2) is 22.4 Å². The van der Waals surface area contributed by atoms with Gasteiger partial charge in [-0.1, -0.05) is 37.1 Å². The molecule has 1 aromatic rings. The number of benzene rings is 1. The molecule has 3 heterocycles. The van der Waals surface area contributed by atoms with Crippen LogP contribution in [0.2, 0.25) is 0 Å². The third kappa shape index (κ3) is 12.3. The molecule has 0 unspecified atom stereocenters. The van der Waals surface area contributed by atoms with Crippen LogP contribution in [0.15, 0.2) is 30.4 Å². The van der Waals surface area contributed by atoms with E-state index in [1.54, 1.807) is 53.7 Å². The Balaban J connectivity index is 1.27. The number of hydrogen-bond donors (Lipinski definition) is 4. The second-order valence-corrected chi connectivity index (χ2v) is 21.3. The second kappa shape index (κ2) is 19.1. The molecule has 64 heavy (non-hydrogen) atoms. The predicted molar refractivity (Wildman–Crippen MR) is 227 cm³/mol. The van der Waals surface area contributed by atoms with Crippen molar-refractivity contribution in [2.75, 3.05) is 6.54 Å². The zero-order chi connectivity index (χ0) is 46.8. The van der Waals surface area contributed by atoms with Crippen molar-refractivity contribution in [1.82, 2.24) is 30.5 Å². The lowest BCUT2D eigenvalue weighted by molar-refractivity contribution is -0.155. The van der Waals surface area contributed by atoms with Crippen molar-refractivity contribution in [3.63, 3.8) is 0 Å². The largest absolute Gasteiger partial charge is 0.460 e. The molecule has 0 aromatic heterocycles. The monoisotopic (exact) mass is 916 g/mol. The first-order valence-electron chi connectivity index (χ1n) is 22.0. The number of nitrogens with one attached hydrogen (secondary N) is 4. The van der Waals surface area contributed by atoms with E-state index in [2.05, 4.69) is 20.7 Å². The minimum atomic E-state index is -3.99. The van der Waals surface area contributed by atoms with Crippen molar-refractivity contribution in [2.45, 2.75) is 171 Å². The second-order valence-electron chi connectivity index (χ2n) is 19.4. The summed E-state index contributed by atoms with van der Waals surface area (Å²) < 4.78 is 59.2. The summed E-state index contributed by atoms with van der Waals surface area (Å²) in [4.78, 5) is 99.0. The number of fused-ring (bicyclic) bond motifs is 3. The summed E-state index contributed by atoms with van der Waals surface area (Å²) >= 11 is 0. The zero-order valence-electron chi connectivity index (χ0n) is 37.3. The molecule has 4 N–H and O–H groups in total. The number of rotatable bonds is 10. The van der Waals surface area contributed by atoms with Crippen molar-refractivity contribution in [3.05, 3.63) is 47.3 Å². The minimum absolute atomic E-state index is 0.0586. The molecule has 0 radical (unpaired) electrons. The molecule has 1 aromatic carbocycles. The van der Waals surface area contributed by atoms with Gasteiger partial charge >= 0.3 is 18.2 Å². The highest BCUT2D eigenvalue weighted by molar-refractivity contribution is 7.91. The molecule has 3 aliphatic heterocycles. The summed E-state index contributed by atoms with van der Waals surface area (Å²) in [7, 11) is -3.99. The molecule has 352 valence electrons. The SMILES string of the molecule is CC(C)(C)OC(=O)CC[C@@H](NC(=O)OC(C)(C)C)C(=O)N[C@H]1CCCCC/C=C\[C@H]2C[C@@]2(C(=O)NS(=O)(=O)C2CC2)NC(=O)[C@@H]2C[C@@H](OC(=O)N3Cc4cccc(F)c4C3)CN2C1=O. The molecule has 20 heteroatoms. The van der Waals surface area contributed by atoms with Crippen LogP contribution >= 0.6 is 0 Å². The number of nitrogens with zero attached hydrogens (tertiary/aromatic N) is 2. The maximum atomic E-state index is 14.8. The first-order valence-corrected chi connectivity index (χ1v) is 23.6. The molecular weight excluding hydrogens is 856 g/mol. The van der Waals surface area contributed by atoms with Gasteiger partial charge in [0.05, 0.1) is 18.3 Å². The summed E-state index contributed by atoms with van der Waals surface area (Å²) in [6, 6.07) is 0.517. The van der Waals surface area contributed by atoms with E-state index in [0.29, 0.717) is 49.7 Å². The highest BCUT2D eigenvalue weighted by Gasteiger charge is 2.62. The number of esters is 1. The summed E-state index contributed by atoms with van der Waals surface area (Å²) in [5.41, 5.74) is -2.45. The number of allylic oxidation sites excluding steroid dienone is 1. The third-order valence-corrected chi connectivity index (χ3v) is 13.5. The fourth-order valence-corrected chi connectivity index (χ4v) is 9.58. The van der Waals surface area contributed by atoms with Gasteiger partial charge in [0.2, 0.25) is 27.7 Å². The van der Waals surface area contributed by atoms with Gasteiger partial charge in [-0.2, -0.15) is 0 Å². The van der Waals surface area contributed by atoms with Gasteiger partial charge < -0.3 is 35.1 Å². The number of sulfonamides is 1. The molecule has 5 aliphatic rings. The summed E-state index contributed by atoms with van der Waals surface area (Å²) in [5.74, 6) is -4.88. The lowest BCUT2D eigenvalue weighted by atomic mass is 10.0. The predicted octanol–water partition coefficient (Wildman–Crippen LogP) is 3.75. The first kappa shape index (κ1) is 48.2. The van der Waals surface area contributed by atoms with Crippen LogP contribution in [0, 0.1) is 11.7 Å². The minimum Gasteiger partial charge on any atom is -0.460 e. The van der Waals surface area contributed by atoms with E-state index >= 15 is 0 Å². The fourth-order valence-electron chi connectivity index (χ4n) is 8.22. The van der Waals surface area contributed by atoms with E-state index < -0.39 is 110 Å². The van der Waals surface area contributed by atoms with Crippen molar-refractivity contribution >= 4 is 51.8 Å². The van der Waals surface area contributed by atoms with Crippen LogP contribution in [0.25, 0.3) is 0 Å². The van der Waals surface area contributed by atoms with E-state index in [-0.39, 0.29) is 51.7 Å². The Morgan fingerprint density at radius 2 is 1.69 bits per heavy atom. The average molecular weight is 917 g/mol. The summed E-state index contributed by atoms with van der Waals surface area (Å²) in [5, 5.41) is 7.32. The van der Waals surface area contributed by atoms with Gasteiger partial charge in [-0.3, -0.25) is 33.6 Å². The topological polar surface area (TPSA) is 236 Å². The van der Waals surface area contributed by atoms with Gasteiger partial charge in [0.15, 0.2) is 0 Å². The number of carbonyl (C=O) groups excluding carboxylic acids is 7. The third-order valence-electron chi connectivity index (χ3n) is 11.7. The average Bonchev–Trinajstić information content (AvgIpc) is 4.07.